The molecule has 1 amide bonds. The monoisotopic (exact) mass is 416 g/mol. The number of aromatic nitrogens is 1. The smallest absolute Gasteiger partial charge is 0.245 e. The highest BCUT2D eigenvalue weighted by Crippen LogP contribution is 2.57. The largest absolute Gasteiger partial charge is 0.377 e. The topological polar surface area (TPSA) is 80.5 Å². The second-order valence-corrected chi connectivity index (χ2v) is 8.18. The molecule has 1 saturated carbocycles. The number of halogens is 2. The molecule has 152 valence electrons. The first-order chi connectivity index (χ1) is 11.9. The number of fused-ring (bicyclic) bond motifs is 1. The van der Waals surface area contributed by atoms with Crippen molar-refractivity contribution < 1.29 is 9.53 Å². The van der Waals surface area contributed by atoms with Crippen molar-refractivity contribution in [2.45, 2.75) is 51.2 Å². The highest BCUT2D eigenvalue weighted by molar-refractivity contribution is 6.00. The van der Waals surface area contributed by atoms with Gasteiger partial charge in [-0.25, -0.2) is 4.98 Å². The summed E-state index contributed by atoms with van der Waals surface area (Å²) >= 11 is 0. The third-order valence-electron chi connectivity index (χ3n) is 6.50. The highest BCUT2D eigenvalue weighted by Gasteiger charge is 2.70. The molecular formula is C19H30Cl2N4O2. The number of nitrogens with two attached hydrogens (primary N) is 1. The Morgan fingerprint density at radius 1 is 1.26 bits per heavy atom. The van der Waals surface area contributed by atoms with Crippen molar-refractivity contribution in [3.8, 4) is 0 Å². The van der Waals surface area contributed by atoms with Crippen molar-refractivity contribution in [1.82, 2.24) is 4.98 Å². The van der Waals surface area contributed by atoms with Crippen molar-refractivity contribution in [3.05, 3.63) is 18.3 Å². The van der Waals surface area contributed by atoms with E-state index in [4.69, 9.17) is 10.5 Å². The third-order valence-corrected chi connectivity index (χ3v) is 6.50. The zero-order chi connectivity index (χ0) is 17.7. The third kappa shape index (κ3) is 3.41. The van der Waals surface area contributed by atoms with Gasteiger partial charge in [0.05, 0.1) is 18.0 Å². The molecule has 3 atom stereocenters. The summed E-state index contributed by atoms with van der Waals surface area (Å²) in [4.78, 5) is 19.8. The predicted molar refractivity (Wildman–Crippen MR) is 112 cm³/mol. The molecule has 0 radical (unpaired) electrons. The summed E-state index contributed by atoms with van der Waals surface area (Å²) in [7, 11) is 0. The quantitative estimate of drug-likeness (QED) is 0.791. The summed E-state index contributed by atoms with van der Waals surface area (Å²) in [5, 5.41) is 2.99. The van der Waals surface area contributed by atoms with E-state index in [9.17, 15) is 4.79 Å². The number of nitrogens with one attached hydrogen (secondary N) is 1. The maximum atomic E-state index is 13.0. The van der Waals surface area contributed by atoms with E-state index in [2.05, 4.69) is 15.2 Å². The first-order valence-electron chi connectivity index (χ1n) is 9.37. The van der Waals surface area contributed by atoms with Crippen LogP contribution in [0.15, 0.2) is 18.3 Å². The zero-order valence-electron chi connectivity index (χ0n) is 15.9. The molecule has 1 aromatic rings. The molecule has 4 rings (SSSR count). The number of amides is 1. The standard InChI is InChI=1S/C19H28N4O2.2ClH/c1-18(2)16-14(6-5-11-25-16)19(18,20)17(24)22-13-7-8-15(21-12-13)23-9-3-4-10-23;;/h7-8,12,14,16H,3-6,9-11,20H2,1-2H3,(H,22,24);2*1H. The Bertz CT molecular complexity index is 664. The number of carbonyl (C=O) groups is 1. The van der Waals surface area contributed by atoms with Crippen molar-refractivity contribution in [1.29, 1.82) is 0 Å². The lowest BCUT2D eigenvalue weighted by Gasteiger charge is -2.65. The molecule has 6 nitrogen and oxygen atoms in total. The van der Waals surface area contributed by atoms with Crippen LogP contribution in [0, 0.1) is 11.3 Å². The SMILES string of the molecule is CC1(C)C2OCCCC2C1(N)C(=O)Nc1ccc(N2CCCC2)nc1.Cl.Cl. The van der Waals surface area contributed by atoms with Crippen LogP contribution >= 0.6 is 24.8 Å². The molecule has 3 fully saturated rings. The molecule has 1 aromatic heterocycles. The molecule has 27 heavy (non-hydrogen) atoms. The molecule has 3 N–H and O–H groups in total. The molecule has 0 spiro atoms. The van der Waals surface area contributed by atoms with Crippen LogP contribution < -0.4 is 16.0 Å². The average Bonchev–Trinajstić information content (AvgIpc) is 3.16. The molecule has 1 aliphatic carbocycles. The van der Waals surface area contributed by atoms with Crippen LogP contribution in [-0.2, 0) is 9.53 Å². The Kier molecular flexibility index (Phi) is 6.67. The average molecular weight is 417 g/mol. The molecule has 0 bridgehead atoms. The summed E-state index contributed by atoms with van der Waals surface area (Å²) in [6.45, 7) is 6.95. The van der Waals surface area contributed by atoms with Crippen LogP contribution in [0.5, 0.6) is 0 Å². The van der Waals surface area contributed by atoms with E-state index >= 15 is 0 Å². The van der Waals surface area contributed by atoms with E-state index in [1.54, 1.807) is 6.20 Å². The second kappa shape index (κ2) is 8.11. The van der Waals surface area contributed by atoms with Crippen molar-refractivity contribution >= 4 is 42.2 Å². The van der Waals surface area contributed by atoms with E-state index in [0.29, 0.717) is 5.69 Å². The first kappa shape index (κ1) is 22.2. The van der Waals surface area contributed by atoms with Crippen LogP contribution in [0.1, 0.15) is 39.5 Å². The number of carbonyl (C=O) groups excluding carboxylic acids is 1. The predicted octanol–water partition coefficient (Wildman–Crippen LogP) is 3.00. The summed E-state index contributed by atoms with van der Waals surface area (Å²) in [6, 6.07) is 3.89. The fourth-order valence-electron chi connectivity index (χ4n) is 4.86. The van der Waals surface area contributed by atoms with Gasteiger partial charge in [0, 0.05) is 31.0 Å². The molecule has 0 aromatic carbocycles. The lowest BCUT2D eigenvalue weighted by molar-refractivity contribution is -0.222. The molecule has 3 heterocycles. The number of anilines is 2. The van der Waals surface area contributed by atoms with Crippen molar-refractivity contribution in [2.75, 3.05) is 29.9 Å². The van der Waals surface area contributed by atoms with Gasteiger partial charge in [0.2, 0.25) is 5.91 Å². The summed E-state index contributed by atoms with van der Waals surface area (Å²) < 4.78 is 5.88. The Morgan fingerprint density at radius 2 is 1.96 bits per heavy atom. The summed E-state index contributed by atoms with van der Waals surface area (Å²) in [6.07, 6.45) is 6.16. The summed E-state index contributed by atoms with van der Waals surface area (Å²) in [5.74, 6) is 0.940. The van der Waals surface area contributed by atoms with Gasteiger partial charge in [-0.05, 0) is 37.8 Å². The Labute approximate surface area is 173 Å². The number of hydrogen-bond acceptors (Lipinski definition) is 5. The van der Waals surface area contributed by atoms with Gasteiger partial charge in [-0.3, -0.25) is 4.79 Å². The second-order valence-electron chi connectivity index (χ2n) is 8.18. The van der Waals surface area contributed by atoms with E-state index in [1.165, 1.54) is 12.8 Å². The normalized spacial score (nSPS) is 31.0. The molecule has 2 saturated heterocycles. The Balaban J connectivity index is 0.00000131. The van der Waals surface area contributed by atoms with Gasteiger partial charge in [0.25, 0.3) is 0 Å². The number of pyridine rings is 1. The fourth-order valence-corrected chi connectivity index (χ4v) is 4.86. The molecule has 3 aliphatic rings. The van der Waals surface area contributed by atoms with E-state index in [1.807, 2.05) is 26.0 Å². The minimum absolute atomic E-state index is 0. The van der Waals surface area contributed by atoms with Gasteiger partial charge in [0.15, 0.2) is 0 Å². The molecule has 8 heteroatoms. The van der Waals surface area contributed by atoms with Crippen LogP contribution in [0.2, 0.25) is 0 Å². The van der Waals surface area contributed by atoms with E-state index in [-0.39, 0.29) is 48.2 Å². The van der Waals surface area contributed by atoms with Gasteiger partial charge < -0.3 is 20.7 Å². The Morgan fingerprint density at radius 3 is 2.59 bits per heavy atom. The van der Waals surface area contributed by atoms with E-state index < -0.39 is 5.54 Å². The number of nitrogens with zero attached hydrogens (tertiary/aromatic N) is 2. The van der Waals surface area contributed by atoms with E-state index in [0.717, 1.165) is 38.4 Å². The number of rotatable bonds is 3. The van der Waals surface area contributed by atoms with Crippen LogP contribution in [0.4, 0.5) is 11.5 Å². The van der Waals surface area contributed by atoms with Gasteiger partial charge >= 0.3 is 0 Å². The fraction of sp³-hybridized carbons (Fsp3) is 0.684. The lowest BCUT2D eigenvalue weighted by Crippen LogP contribution is -2.81. The van der Waals surface area contributed by atoms with Crippen molar-refractivity contribution in [3.63, 3.8) is 0 Å². The minimum atomic E-state index is -0.897. The molecule has 2 aliphatic heterocycles. The number of hydrogen-bond donors (Lipinski definition) is 2. The number of ether oxygens (including phenoxy) is 1. The molecule has 3 unspecified atom stereocenters. The first-order valence-corrected chi connectivity index (χ1v) is 9.37. The maximum absolute atomic E-state index is 13.0. The zero-order valence-corrected chi connectivity index (χ0v) is 17.6. The van der Waals surface area contributed by atoms with Crippen LogP contribution in [0.3, 0.4) is 0 Å². The van der Waals surface area contributed by atoms with Crippen LogP contribution in [-0.4, -0.2) is 42.2 Å². The minimum Gasteiger partial charge on any atom is -0.377 e. The lowest BCUT2D eigenvalue weighted by atomic mass is 9.46. The Hall–Kier alpha value is -1.08. The maximum Gasteiger partial charge on any atom is 0.245 e. The van der Waals surface area contributed by atoms with Gasteiger partial charge in [-0.1, -0.05) is 13.8 Å². The van der Waals surface area contributed by atoms with Gasteiger partial charge in [-0.15, -0.1) is 24.8 Å². The summed E-state index contributed by atoms with van der Waals surface area (Å²) in [5.41, 5.74) is 6.07. The van der Waals surface area contributed by atoms with Gasteiger partial charge in [-0.2, -0.15) is 0 Å². The van der Waals surface area contributed by atoms with Gasteiger partial charge in [0.1, 0.15) is 11.4 Å². The van der Waals surface area contributed by atoms with Crippen molar-refractivity contribution in [2.24, 2.45) is 17.1 Å². The molecular weight excluding hydrogens is 387 g/mol. The van der Waals surface area contributed by atoms with Crippen LogP contribution in [0.25, 0.3) is 0 Å². The highest BCUT2D eigenvalue weighted by atomic mass is 35.5.